The zero-order valence-electron chi connectivity index (χ0n) is 11.5. The minimum absolute atomic E-state index is 0.797. The summed E-state index contributed by atoms with van der Waals surface area (Å²) in [6.07, 6.45) is 0. The summed E-state index contributed by atoms with van der Waals surface area (Å²) in [5.41, 5.74) is 4.99. The second-order valence-electron chi connectivity index (χ2n) is 4.62. The molecule has 19 heavy (non-hydrogen) atoms. The number of nitrogens with one attached hydrogen (secondary N) is 1. The smallest absolute Gasteiger partial charge is 0.133 e. The molecule has 0 aliphatic carbocycles. The van der Waals surface area contributed by atoms with Crippen molar-refractivity contribution in [2.75, 3.05) is 12.4 Å². The maximum atomic E-state index is 5.22. The molecular weight excluding hydrogens is 302 g/mol. The van der Waals surface area contributed by atoms with Crippen molar-refractivity contribution in [1.29, 1.82) is 0 Å². The summed E-state index contributed by atoms with van der Waals surface area (Å²) in [6.45, 7) is 5.05. The maximum absolute atomic E-state index is 5.22. The Morgan fingerprint density at radius 2 is 1.84 bits per heavy atom. The summed E-state index contributed by atoms with van der Waals surface area (Å²) in [7, 11) is 1.67. The molecule has 100 valence electrons. The van der Waals surface area contributed by atoms with Crippen LogP contribution in [0.15, 0.2) is 40.9 Å². The van der Waals surface area contributed by atoms with Gasteiger partial charge in [-0.15, -0.1) is 0 Å². The Morgan fingerprint density at radius 1 is 1.05 bits per heavy atom. The van der Waals surface area contributed by atoms with Crippen LogP contribution in [-0.2, 0) is 6.54 Å². The molecule has 0 saturated carbocycles. The summed E-state index contributed by atoms with van der Waals surface area (Å²) in [5, 5.41) is 3.43. The van der Waals surface area contributed by atoms with Gasteiger partial charge in [-0.1, -0.05) is 12.1 Å². The Morgan fingerprint density at radius 3 is 2.47 bits per heavy atom. The van der Waals surface area contributed by atoms with Gasteiger partial charge in [-0.2, -0.15) is 0 Å². The van der Waals surface area contributed by atoms with E-state index in [0.29, 0.717) is 0 Å². The van der Waals surface area contributed by atoms with Gasteiger partial charge in [-0.3, -0.25) is 0 Å². The molecule has 2 rings (SSSR count). The van der Waals surface area contributed by atoms with E-state index in [0.717, 1.165) is 22.5 Å². The highest BCUT2D eigenvalue weighted by Gasteiger charge is 2.02. The third-order valence-electron chi connectivity index (χ3n) is 3.22. The van der Waals surface area contributed by atoms with Crippen molar-refractivity contribution in [3.8, 4) is 5.75 Å². The molecule has 0 bridgehead atoms. The third-order valence-corrected chi connectivity index (χ3v) is 3.84. The average Bonchev–Trinajstić information content (AvgIpc) is 2.40. The number of anilines is 1. The minimum Gasteiger partial charge on any atom is -0.496 e. The molecule has 0 aliphatic heterocycles. The lowest BCUT2D eigenvalue weighted by molar-refractivity contribution is 0.412. The fourth-order valence-electron chi connectivity index (χ4n) is 1.88. The largest absolute Gasteiger partial charge is 0.496 e. The van der Waals surface area contributed by atoms with E-state index in [1.165, 1.54) is 16.7 Å². The van der Waals surface area contributed by atoms with Gasteiger partial charge in [0, 0.05) is 12.2 Å². The number of benzene rings is 2. The van der Waals surface area contributed by atoms with Gasteiger partial charge in [0.1, 0.15) is 5.75 Å². The number of hydrogen-bond donors (Lipinski definition) is 1. The highest BCUT2D eigenvalue weighted by Crippen LogP contribution is 2.26. The molecule has 0 atom stereocenters. The molecule has 2 aromatic carbocycles. The van der Waals surface area contributed by atoms with Gasteiger partial charge in [-0.05, 0) is 70.7 Å². The van der Waals surface area contributed by atoms with Gasteiger partial charge in [0.2, 0.25) is 0 Å². The highest BCUT2D eigenvalue weighted by molar-refractivity contribution is 9.10. The van der Waals surface area contributed by atoms with Crippen molar-refractivity contribution in [2.24, 2.45) is 0 Å². The lowest BCUT2D eigenvalue weighted by Gasteiger charge is -2.10. The van der Waals surface area contributed by atoms with E-state index in [4.69, 9.17) is 4.74 Å². The van der Waals surface area contributed by atoms with Gasteiger partial charge < -0.3 is 10.1 Å². The van der Waals surface area contributed by atoms with Crippen molar-refractivity contribution < 1.29 is 4.74 Å². The standard InChI is InChI=1S/C16H18BrNO/c1-11-4-6-14(8-12(11)2)18-10-13-5-7-16(19-3)15(17)9-13/h4-9,18H,10H2,1-3H3. The van der Waals surface area contributed by atoms with Crippen LogP contribution < -0.4 is 10.1 Å². The molecular formula is C16H18BrNO. The Bertz CT molecular complexity index is 581. The number of rotatable bonds is 4. The molecule has 0 amide bonds. The molecule has 0 radical (unpaired) electrons. The topological polar surface area (TPSA) is 21.3 Å². The lowest BCUT2D eigenvalue weighted by atomic mass is 10.1. The summed E-state index contributed by atoms with van der Waals surface area (Å²) >= 11 is 3.50. The quantitative estimate of drug-likeness (QED) is 0.883. The van der Waals surface area contributed by atoms with Crippen LogP contribution in [0.2, 0.25) is 0 Å². The predicted molar refractivity (Wildman–Crippen MR) is 83.9 cm³/mol. The molecule has 3 heteroatoms. The normalized spacial score (nSPS) is 10.3. The van der Waals surface area contributed by atoms with Gasteiger partial charge in [0.25, 0.3) is 0 Å². The van der Waals surface area contributed by atoms with E-state index in [9.17, 15) is 0 Å². The Kier molecular flexibility index (Phi) is 4.48. The third kappa shape index (κ3) is 3.51. The first-order valence-electron chi connectivity index (χ1n) is 6.23. The second kappa shape index (κ2) is 6.11. The number of methoxy groups -OCH3 is 1. The van der Waals surface area contributed by atoms with E-state index in [1.54, 1.807) is 7.11 Å². The van der Waals surface area contributed by atoms with Crippen molar-refractivity contribution >= 4 is 21.6 Å². The van der Waals surface area contributed by atoms with Crippen molar-refractivity contribution in [3.63, 3.8) is 0 Å². The zero-order valence-corrected chi connectivity index (χ0v) is 13.0. The lowest BCUT2D eigenvalue weighted by Crippen LogP contribution is -2.00. The van der Waals surface area contributed by atoms with Crippen molar-refractivity contribution in [3.05, 3.63) is 57.6 Å². The summed E-state index contributed by atoms with van der Waals surface area (Å²) in [5.74, 6) is 0.856. The molecule has 0 spiro atoms. The van der Waals surface area contributed by atoms with Gasteiger partial charge in [0.15, 0.2) is 0 Å². The van der Waals surface area contributed by atoms with Crippen LogP contribution in [-0.4, -0.2) is 7.11 Å². The summed E-state index contributed by atoms with van der Waals surface area (Å²) in [4.78, 5) is 0. The first-order valence-corrected chi connectivity index (χ1v) is 7.03. The SMILES string of the molecule is COc1ccc(CNc2ccc(C)c(C)c2)cc1Br. The summed E-state index contributed by atoms with van der Waals surface area (Å²) < 4.78 is 6.21. The Labute approximate surface area is 122 Å². The molecule has 0 fully saturated rings. The van der Waals surface area contributed by atoms with Crippen LogP contribution in [0.25, 0.3) is 0 Å². The average molecular weight is 320 g/mol. The van der Waals surface area contributed by atoms with Gasteiger partial charge in [0.05, 0.1) is 11.6 Å². The number of aryl methyl sites for hydroxylation is 2. The first-order chi connectivity index (χ1) is 9.10. The molecule has 0 aliphatic rings. The second-order valence-corrected chi connectivity index (χ2v) is 5.48. The van der Waals surface area contributed by atoms with Crippen LogP contribution in [0.3, 0.4) is 0 Å². The molecule has 0 unspecified atom stereocenters. The molecule has 2 nitrogen and oxygen atoms in total. The Balaban J connectivity index is 2.05. The van der Waals surface area contributed by atoms with Crippen LogP contribution >= 0.6 is 15.9 Å². The molecule has 0 heterocycles. The highest BCUT2D eigenvalue weighted by atomic mass is 79.9. The minimum atomic E-state index is 0.797. The molecule has 0 saturated heterocycles. The summed E-state index contributed by atoms with van der Waals surface area (Å²) in [6, 6.07) is 12.5. The molecule has 2 aromatic rings. The first kappa shape index (κ1) is 13.9. The van der Waals surface area contributed by atoms with Crippen LogP contribution in [0.4, 0.5) is 5.69 Å². The van der Waals surface area contributed by atoms with E-state index in [1.807, 2.05) is 6.07 Å². The van der Waals surface area contributed by atoms with Crippen molar-refractivity contribution in [2.45, 2.75) is 20.4 Å². The van der Waals surface area contributed by atoms with Crippen LogP contribution in [0.5, 0.6) is 5.75 Å². The van der Waals surface area contributed by atoms with E-state index in [-0.39, 0.29) is 0 Å². The number of halogens is 1. The van der Waals surface area contributed by atoms with Crippen LogP contribution in [0.1, 0.15) is 16.7 Å². The van der Waals surface area contributed by atoms with Crippen LogP contribution in [0, 0.1) is 13.8 Å². The van der Waals surface area contributed by atoms with E-state index < -0.39 is 0 Å². The fraction of sp³-hybridized carbons (Fsp3) is 0.250. The monoisotopic (exact) mass is 319 g/mol. The van der Waals surface area contributed by atoms with Gasteiger partial charge in [-0.25, -0.2) is 0 Å². The van der Waals surface area contributed by atoms with E-state index in [2.05, 4.69) is 65.4 Å². The Hall–Kier alpha value is -1.48. The predicted octanol–water partition coefficient (Wildman–Crippen LogP) is 4.69. The number of ether oxygens (including phenoxy) is 1. The van der Waals surface area contributed by atoms with Crippen molar-refractivity contribution in [1.82, 2.24) is 0 Å². The van der Waals surface area contributed by atoms with E-state index >= 15 is 0 Å². The maximum Gasteiger partial charge on any atom is 0.133 e. The molecule has 1 N–H and O–H groups in total. The number of hydrogen-bond acceptors (Lipinski definition) is 2. The molecule has 0 aromatic heterocycles. The fourth-order valence-corrected chi connectivity index (χ4v) is 2.46. The zero-order chi connectivity index (χ0) is 13.8. The van der Waals surface area contributed by atoms with Gasteiger partial charge >= 0.3 is 0 Å².